The number of ether oxygens (including phenoxy) is 2. The molecule has 0 radical (unpaired) electrons. The van der Waals surface area contributed by atoms with E-state index in [0.29, 0.717) is 24.8 Å². The van der Waals surface area contributed by atoms with Crippen molar-refractivity contribution in [2.75, 3.05) is 19.5 Å². The van der Waals surface area contributed by atoms with Crippen molar-refractivity contribution < 1.29 is 9.47 Å². The first-order chi connectivity index (χ1) is 14.6. The van der Waals surface area contributed by atoms with E-state index in [1.54, 1.807) is 40.9 Å². The molecule has 0 N–H and O–H groups in total. The quantitative estimate of drug-likeness (QED) is 0.214. The molecule has 5 nitrogen and oxygen atoms in total. The summed E-state index contributed by atoms with van der Waals surface area (Å²) in [5.41, 5.74) is 1.29. The van der Waals surface area contributed by atoms with Gasteiger partial charge in [-0.15, -0.1) is 17.9 Å². The molecule has 3 aromatic rings. The summed E-state index contributed by atoms with van der Waals surface area (Å²) in [6.45, 7) is 7.09. The third-order valence-corrected chi connectivity index (χ3v) is 7.42. The van der Waals surface area contributed by atoms with Crippen LogP contribution in [0.4, 0.5) is 0 Å². The highest BCUT2D eigenvalue weighted by molar-refractivity contribution is 7.99. The highest BCUT2D eigenvalue weighted by Crippen LogP contribution is 2.36. The number of hydrogen-bond donors (Lipinski definition) is 0. The molecular weight excluding hydrogens is 416 g/mol. The van der Waals surface area contributed by atoms with Crippen LogP contribution in [0, 0.1) is 5.92 Å². The van der Waals surface area contributed by atoms with Crippen molar-refractivity contribution in [3.8, 4) is 11.5 Å². The minimum absolute atomic E-state index is 0.0607. The van der Waals surface area contributed by atoms with Gasteiger partial charge in [-0.2, -0.15) is 0 Å². The van der Waals surface area contributed by atoms with Crippen molar-refractivity contribution in [3.63, 3.8) is 0 Å². The molecular formula is C23H26N2O3S2. The molecule has 0 fully saturated rings. The van der Waals surface area contributed by atoms with Crippen LogP contribution in [0.1, 0.15) is 23.8 Å². The fourth-order valence-electron chi connectivity index (χ4n) is 3.77. The number of methoxy groups -OCH3 is 1. The van der Waals surface area contributed by atoms with Crippen molar-refractivity contribution in [1.29, 1.82) is 0 Å². The Hall–Kier alpha value is -2.25. The van der Waals surface area contributed by atoms with E-state index in [-0.39, 0.29) is 5.56 Å². The third-order valence-electron chi connectivity index (χ3n) is 5.33. The molecule has 30 heavy (non-hydrogen) atoms. The molecule has 0 bridgehead atoms. The lowest BCUT2D eigenvalue weighted by atomic mass is 9.89. The van der Waals surface area contributed by atoms with Crippen molar-refractivity contribution in [2.45, 2.75) is 37.9 Å². The van der Waals surface area contributed by atoms with Gasteiger partial charge in [0.2, 0.25) is 0 Å². The van der Waals surface area contributed by atoms with E-state index in [1.807, 2.05) is 24.3 Å². The van der Waals surface area contributed by atoms with E-state index in [4.69, 9.17) is 14.5 Å². The van der Waals surface area contributed by atoms with Crippen LogP contribution in [0.25, 0.3) is 10.2 Å². The van der Waals surface area contributed by atoms with Crippen LogP contribution in [0.15, 0.2) is 46.9 Å². The van der Waals surface area contributed by atoms with Gasteiger partial charge >= 0.3 is 0 Å². The number of nitrogens with zero attached hydrogens (tertiary/aromatic N) is 2. The molecule has 0 saturated carbocycles. The van der Waals surface area contributed by atoms with Crippen molar-refractivity contribution >= 4 is 33.3 Å². The molecule has 0 amide bonds. The second kappa shape index (κ2) is 9.27. The fraction of sp³-hybridized carbons (Fsp3) is 0.391. The van der Waals surface area contributed by atoms with Gasteiger partial charge in [0, 0.05) is 17.2 Å². The molecule has 1 aliphatic carbocycles. The normalized spacial score (nSPS) is 15.7. The number of fused-ring (bicyclic) bond motifs is 3. The van der Waals surface area contributed by atoms with Gasteiger partial charge in [0.15, 0.2) is 5.16 Å². The highest BCUT2D eigenvalue weighted by Gasteiger charge is 2.24. The molecule has 0 saturated heterocycles. The molecule has 7 heteroatoms. The summed E-state index contributed by atoms with van der Waals surface area (Å²) in [6, 6.07) is 7.52. The van der Waals surface area contributed by atoms with Crippen molar-refractivity contribution in [1.82, 2.24) is 9.55 Å². The van der Waals surface area contributed by atoms with E-state index >= 15 is 0 Å². The molecule has 0 aliphatic heterocycles. The first kappa shape index (κ1) is 21.0. The maximum absolute atomic E-state index is 13.3. The van der Waals surface area contributed by atoms with Gasteiger partial charge in [-0.05, 0) is 55.0 Å². The largest absolute Gasteiger partial charge is 0.497 e. The van der Waals surface area contributed by atoms with E-state index in [1.165, 1.54) is 10.4 Å². The Balaban J connectivity index is 1.53. The number of aryl methyl sites for hydroxylation is 1. The Morgan fingerprint density at radius 3 is 2.83 bits per heavy atom. The van der Waals surface area contributed by atoms with Crippen LogP contribution in [-0.4, -0.2) is 29.0 Å². The van der Waals surface area contributed by atoms with Crippen molar-refractivity contribution in [3.05, 3.63) is 57.7 Å². The monoisotopic (exact) mass is 442 g/mol. The number of benzene rings is 1. The maximum Gasteiger partial charge on any atom is 0.263 e. The van der Waals surface area contributed by atoms with Gasteiger partial charge in [-0.1, -0.05) is 24.8 Å². The topological polar surface area (TPSA) is 53.4 Å². The number of hydrogen-bond acceptors (Lipinski definition) is 6. The van der Waals surface area contributed by atoms with E-state index in [0.717, 1.165) is 46.1 Å². The van der Waals surface area contributed by atoms with Gasteiger partial charge in [0.25, 0.3) is 5.56 Å². The van der Waals surface area contributed by atoms with E-state index in [9.17, 15) is 4.79 Å². The Morgan fingerprint density at radius 1 is 1.33 bits per heavy atom. The first-order valence-corrected chi connectivity index (χ1v) is 12.0. The van der Waals surface area contributed by atoms with Crippen molar-refractivity contribution in [2.24, 2.45) is 5.92 Å². The summed E-state index contributed by atoms with van der Waals surface area (Å²) in [5, 5.41) is 1.56. The lowest BCUT2D eigenvalue weighted by Gasteiger charge is -2.17. The average molecular weight is 443 g/mol. The summed E-state index contributed by atoms with van der Waals surface area (Å²) in [5.74, 6) is 2.97. The molecule has 1 atom stereocenters. The zero-order valence-electron chi connectivity index (χ0n) is 17.3. The minimum atomic E-state index is 0.0607. The molecule has 0 spiro atoms. The second-order valence-electron chi connectivity index (χ2n) is 7.50. The predicted molar refractivity (Wildman–Crippen MR) is 124 cm³/mol. The molecule has 2 aromatic heterocycles. The standard InChI is InChI=1S/C23H26N2O3S2/c1-4-11-25-22(26)20-18-10-5-15(2)14-19(18)30-21(20)24-23(25)29-13-12-28-17-8-6-16(27-3)7-9-17/h4,6-9,15H,1,5,10-14H2,2-3H3. The Bertz CT molecular complexity index is 1100. The van der Waals surface area contributed by atoms with Gasteiger partial charge in [-0.3, -0.25) is 9.36 Å². The molecule has 4 rings (SSSR count). The van der Waals surface area contributed by atoms with Crippen LogP contribution < -0.4 is 15.0 Å². The average Bonchev–Trinajstić information content (AvgIpc) is 3.11. The van der Waals surface area contributed by atoms with Gasteiger partial charge in [0.1, 0.15) is 16.3 Å². The lowest BCUT2D eigenvalue weighted by Crippen LogP contribution is -2.23. The summed E-state index contributed by atoms with van der Waals surface area (Å²) in [4.78, 5) is 20.4. The summed E-state index contributed by atoms with van der Waals surface area (Å²) in [6.07, 6.45) is 4.92. The smallest absolute Gasteiger partial charge is 0.263 e. The predicted octanol–water partition coefficient (Wildman–Crippen LogP) is 4.95. The van der Waals surface area contributed by atoms with E-state index < -0.39 is 0 Å². The zero-order valence-corrected chi connectivity index (χ0v) is 19.0. The molecule has 1 aromatic carbocycles. The Morgan fingerprint density at radius 2 is 2.10 bits per heavy atom. The second-order valence-corrected chi connectivity index (χ2v) is 9.65. The van der Waals surface area contributed by atoms with Crippen LogP contribution in [0.3, 0.4) is 0 Å². The number of rotatable bonds is 8. The molecule has 1 unspecified atom stereocenters. The fourth-order valence-corrected chi connectivity index (χ4v) is 6.02. The SMILES string of the molecule is C=CCn1c(SCCOc2ccc(OC)cc2)nc2sc3c(c2c1=O)CCC(C)C3. The van der Waals surface area contributed by atoms with Gasteiger partial charge in [-0.25, -0.2) is 4.98 Å². The number of thioether (sulfide) groups is 1. The Labute approximate surface area is 184 Å². The van der Waals surface area contributed by atoms with Crippen LogP contribution >= 0.6 is 23.1 Å². The molecule has 2 heterocycles. The van der Waals surface area contributed by atoms with E-state index in [2.05, 4.69) is 13.5 Å². The first-order valence-electron chi connectivity index (χ1n) is 10.2. The summed E-state index contributed by atoms with van der Waals surface area (Å²) < 4.78 is 12.7. The number of thiophene rings is 1. The lowest BCUT2D eigenvalue weighted by molar-refractivity contribution is 0.342. The minimum Gasteiger partial charge on any atom is -0.497 e. The zero-order chi connectivity index (χ0) is 21.1. The summed E-state index contributed by atoms with van der Waals surface area (Å²) >= 11 is 3.24. The maximum atomic E-state index is 13.3. The van der Waals surface area contributed by atoms with Crippen LogP contribution in [-0.2, 0) is 19.4 Å². The number of aromatic nitrogens is 2. The van der Waals surface area contributed by atoms with Gasteiger partial charge < -0.3 is 9.47 Å². The number of allylic oxidation sites excluding steroid dienone is 1. The summed E-state index contributed by atoms with van der Waals surface area (Å²) in [7, 11) is 1.64. The van der Waals surface area contributed by atoms with Gasteiger partial charge in [0.05, 0.1) is 19.1 Å². The highest BCUT2D eigenvalue weighted by atomic mass is 32.2. The van der Waals surface area contributed by atoms with Crippen LogP contribution in [0.5, 0.6) is 11.5 Å². The molecule has 1 aliphatic rings. The Kier molecular flexibility index (Phi) is 6.49. The third kappa shape index (κ3) is 4.27. The molecule has 158 valence electrons. The van der Waals surface area contributed by atoms with Crippen LogP contribution in [0.2, 0.25) is 0 Å².